The number of hydrogen-bond acceptors (Lipinski definition) is 2. The van der Waals surface area contributed by atoms with Crippen molar-refractivity contribution in [2.75, 3.05) is 13.2 Å². The van der Waals surface area contributed by atoms with Gasteiger partial charge in [-0.05, 0) is 86.8 Å². The van der Waals surface area contributed by atoms with Gasteiger partial charge in [0.2, 0.25) is 0 Å². The second-order valence-electron chi connectivity index (χ2n) is 6.01. The Bertz CT molecular complexity index is 444. The maximum atomic E-state index is 6.60. The zero-order valence-electron chi connectivity index (χ0n) is 13.0. The van der Waals surface area contributed by atoms with E-state index >= 15 is 0 Å². The van der Waals surface area contributed by atoms with Gasteiger partial charge >= 0.3 is 0 Å². The van der Waals surface area contributed by atoms with E-state index in [1.807, 2.05) is 0 Å². The first kappa shape index (κ1) is 14.5. The van der Waals surface area contributed by atoms with E-state index < -0.39 is 0 Å². The van der Waals surface area contributed by atoms with Crippen LogP contribution in [-0.2, 0) is 4.74 Å². The molecule has 0 amide bonds. The molecule has 0 aromatic heterocycles. The van der Waals surface area contributed by atoms with Crippen LogP contribution in [-0.4, -0.2) is 13.2 Å². The summed E-state index contributed by atoms with van der Waals surface area (Å²) in [5.74, 6) is 0.563. The molecule has 1 aliphatic rings. The summed E-state index contributed by atoms with van der Waals surface area (Å²) >= 11 is 0. The molecule has 1 aliphatic heterocycles. The van der Waals surface area contributed by atoms with Crippen molar-refractivity contribution in [2.24, 2.45) is 11.7 Å². The van der Waals surface area contributed by atoms with Crippen molar-refractivity contribution in [1.29, 1.82) is 0 Å². The van der Waals surface area contributed by atoms with E-state index in [1.165, 1.54) is 33.4 Å². The van der Waals surface area contributed by atoms with Gasteiger partial charge in [0.25, 0.3) is 0 Å². The van der Waals surface area contributed by atoms with Gasteiger partial charge in [-0.15, -0.1) is 0 Å². The minimum atomic E-state index is 0.155. The van der Waals surface area contributed by atoms with E-state index in [9.17, 15) is 0 Å². The normalized spacial score (nSPS) is 18.6. The van der Waals surface area contributed by atoms with Crippen LogP contribution in [0, 0.1) is 40.5 Å². The molecule has 1 fully saturated rings. The van der Waals surface area contributed by atoms with Crippen molar-refractivity contribution < 1.29 is 4.74 Å². The maximum Gasteiger partial charge on any atom is 0.0469 e. The zero-order valence-corrected chi connectivity index (χ0v) is 13.0. The number of hydrogen-bond donors (Lipinski definition) is 1. The molecule has 1 atom stereocenters. The van der Waals surface area contributed by atoms with Crippen LogP contribution < -0.4 is 5.73 Å². The molecule has 2 N–H and O–H groups in total. The smallest absolute Gasteiger partial charge is 0.0469 e. The molecule has 1 aromatic carbocycles. The molecule has 0 saturated carbocycles. The van der Waals surface area contributed by atoms with Crippen molar-refractivity contribution in [3.8, 4) is 0 Å². The first-order valence-corrected chi connectivity index (χ1v) is 7.35. The highest BCUT2D eigenvalue weighted by Gasteiger charge is 2.26. The Kier molecular flexibility index (Phi) is 4.32. The number of nitrogens with two attached hydrogens (primary N) is 1. The highest BCUT2D eigenvalue weighted by Crippen LogP contribution is 2.35. The summed E-state index contributed by atoms with van der Waals surface area (Å²) in [6.07, 6.45) is 2.18. The fourth-order valence-electron chi connectivity index (χ4n) is 3.34. The largest absolute Gasteiger partial charge is 0.381 e. The summed E-state index contributed by atoms with van der Waals surface area (Å²) in [7, 11) is 0. The minimum Gasteiger partial charge on any atom is -0.381 e. The van der Waals surface area contributed by atoms with E-state index in [1.54, 1.807) is 0 Å². The van der Waals surface area contributed by atoms with Gasteiger partial charge < -0.3 is 10.5 Å². The van der Waals surface area contributed by atoms with E-state index in [4.69, 9.17) is 10.5 Å². The number of rotatable bonds is 2. The first-order chi connectivity index (χ1) is 8.95. The van der Waals surface area contributed by atoms with Crippen LogP contribution in [0.25, 0.3) is 0 Å². The van der Waals surface area contributed by atoms with Crippen LogP contribution >= 0.6 is 0 Å². The maximum absolute atomic E-state index is 6.60. The zero-order chi connectivity index (χ0) is 14.2. The average Bonchev–Trinajstić information content (AvgIpc) is 2.44. The molecular formula is C17H27NO. The highest BCUT2D eigenvalue weighted by molar-refractivity contribution is 5.50. The SMILES string of the molecule is Cc1c(C)c(C)c(C(N)C2CCOCC2)c(C)c1C. The highest BCUT2D eigenvalue weighted by atomic mass is 16.5. The lowest BCUT2D eigenvalue weighted by Gasteiger charge is -2.31. The molecule has 1 saturated heterocycles. The van der Waals surface area contributed by atoms with Crippen molar-refractivity contribution in [2.45, 2.75) is 53.5 Å². The molecule has 2 rings (SSSR count). The lowest BCUT2D eigenvalue weighted by atomic mass is 9.80. The molecule has 1 unspecified atom stereocenters. The lowest BCUT2D eigenvalue weighted by Crippen LogP contribution is -2.29. The Morgan fingerprint density at radius 2 is 1.26 bits per heavy atom. The second-order valence-corrected chi connectivity index (χ2v) is 6.01. The van der Waals surface area contributed by atoms with Crippen LogP contribution in [0.4, 0.5) is 0 Å². The van der Waals surface area contributed by atoms with Crippen LogP contribution in [0.5, 0.6) is 0 Å². The number of ether oxygens (including phenoxy) is 1. The third kappa shape index (κ3) is 2.56. The number of benzene rings is 1. The third-order valence-electron chi connectivity index (χ3n) is 5.17. The van der Waals surface area contributed by atoms with Gasteiger partial charge in [0, 0.05) is 19.3 Å². The average molecular weight is 261 g/mol. The fraction of sp³-hybridized carbons (Fsp3) is 0.647. The van der Waals surface area contributed by atoms with Gasteiger partial charge in [0.15, 0.2) is 0 Å². The van der Waals surface area contributed by atoms with Crippen molar-refractivity contribution in [3.63, 3.8) is 0 Å². The van der Waals surface area contributed by atoms with E-state index in [-0.39, 0.29) is 6.04 Å². The predicted octanol–water partition coefficient (Wildman–Crippen LogP) is 3.66. The summed E-state index contributed by atoms with van der Waals surface area (Å²) < 4.78 is 5.46. The van der Waals surface area contributed by atoms with Gasteiger partial charge in [0.1, 0.15) is 0 Å². The van der Waals surface area contributed by atoms with Gasteiger partial charge in [-0.2, -0.15) is 0 Å². The topological polar surface area (TPSA) is 35.2 Å². The Labute approximate surface area is 117 Å². The Morgan fingerprint density at radius 3 is 1.74 bits per heavy atom. The molecule has 2 nitrogen and oxygen atoms in total. The molecule has 0 radical (unpaired) electrons. The Morgan fingerprint density at radius 1 is 0.842 bits per heavy atom. The Hall–Kier alpha value is -0.860. The first-order valence-electron chi connectivity index (χ1n) is 7.35. The minimum absolute atomic E-state index is 0.155. The summed E-state index contributed by atoms with van der Waals surface area (Å²) in [5, 5.41) is 0. The molecule has 1 heterocycles. The van der Waals surface area contributed by atoms with Crippen LogP contribution in [0.2, 0.25) is 0 Å². The molecule has 1 aromatic rings. The summed E-state index contributed by atoms with van der Waals surface area (Å²) in [5.41, 5.74) is 15.0. The molecule has 0 bridgehead atoms. The quantitative estimate of drug-likeness (QED) is 0.882. The molecule has 0 aliphatic carbocycles. The van der Waals surface area contributed by atoms with Crippen LogP contribution in [0.15, 0.2) is 0 Å². The Balaban J connectivity index is 2.43. The van der Waals surface area contributed by atoms with E-state index in [0.717, 1.165) is 26.1 Å². The van der Waals surface area contributed by atoms with Gasteiger partial charge in [-0.25, -0.2) is 0 Å². The standard InChI is InChI=1S/C17H27NO/c1-10-11(2)13(4)16(14(5)12(10)3)17(18)15-6-8-19-9-7-15/h15,17H,6-9,18H2,1-5H3. The lowest BCUT2D eigenvalue weighted by molar-refractivity contribution is 0.0582. The van der Waals surface area contributed by atoms with E-state index in [0.29, 0.717) is 5.92 Å². The van der Waals surface area contributed by atoms with Gasteiger partial charge in [0.05, 0.1) is 0 Å². The molecule has 0 spiro atoms. The summed E-state index contributed by atoms with van der Waals surface area (Å²) in [4.78, 5) is 0. The monoisotopic (exact) mass is 261 g/mol. The molecule has 106 valence electrons. The summed E-state index contributed by atoms with van der Waals surface area (Å²) in [6.45, 7) is 12.8. The van der Waals surface area contributed by atoms with Crippen LogP contribution in [0.1, 0.15) is 52.3 Å². The van der Waals surface area contributed by atoms with Gasteiger partial charge in [-0.3, -0.25) is 0 Å². The summed E-state index contributed by atoms with van der Waals surface area (Å²) in [6, 6.07) is 0.155. The fourth-order valence-corrected chi connectivity index (χ4v) is 3.34. The molecular weight excluding hydrogens is 234 g/mol. The van der Waals surface area contributed by atoms with Crippen molar-refractivity contribution in [3.05, 3.63) is 33.4 Å². The van der Waals surface area contributed by atoms with Crippen LogP contribution in [0.3, 0.4) is 0 Å². The van der Waals surface area contributed by atoms with Crippen molar-refractivity contribution >= 4 is 0 Å². The predicted molar refractivity (Wildman–Crippen MR) is 80.6 cm³/mol. The second kappa shape index (κ2) is 5.64. The van der Waals surface area contributed by atoms with Crippen molar-refractivity contribution in [1.82, 2.24) is 0 Å². The third-order valence-corrected chi connectivity index (χ3v) is 5.17. The molecule has 19 heavy (non-hydrogen) atoms. The van der Waals surface area contributed by atoms with Gasteiger partial charge in [-0.1, -0.05) is 0 Å². The molecule has 2 heteroatoms. The van der Waals surface area contributed by atoms with E-state index in [2.05, 4.69) is 34.6 Å².